The van der Waals surface area contributed by atoms with Gasteiger partial charge < -0.3 is 9.79 Å². The fraction of sp³-hybridized carbons (Fsp3) is 1.00. The van der Waals surface area contributed by atoms with Crippen molar-refractivity contribution >= 4 is 16.5 Å². The van der Waals surface area contributed by atoms with Crippen LogP contribution in [0.3, 0.4) is 0 Å². The molecule has 168 valence electrons. The molecule has 0 N–H and O–H groups in total. The molecule has 0 bridgehead atoms. The van der Waals surface area contributed by atoms with Crippen molar-refractivity contribution in [3.8, 4) is 0 Å². The molecule has 0 heterocycles. The summed E-state index contributed by atoms with van der Waals surface area (Å²) in [6.45, 7) is 5.13. The summed E-state index contributed by atoms with van der Waals surface area (Å²) >= 11 is 0. The van der Waals surface area contributed by atoms with Crippen LogP contribution in [0.25, 0.3) is 0 Å². The van der Waals surface area contributed by atoms with Gasteiger partial charge in [-0.25, -0.2) is 0 Å². The third-order valence-electron chi connectivity index (χ3n) is 4.39. The van der Waals surface area contributed by atoms with Crippen LogP contribution in [-0.4, -0.2) is 13.2 Å². The molecule has 2 atom stereocenters. The standard InChI is InChI=1S/2C10H21O3P.2Na/c2*1-2-3-4-5-6-7-8-9-10-13-14(11)12;;/h2*2-10H2,1H3;;/q;;2*+1. The SMILES string of the molecule is CCCCCCCCCCO[P+](=O)[O-].CCCCCCCCCCO[P+](=O)[O-].[Na+].[Na+]. The van der Waals surface area contributed by atoms with E-state index in [2.05, 4.69) is 22.9 Å². The van der Waals surface area contributed by atoms with Crippen LogP contribution >= 0.6 is 16.5 Å². The van der Waals surface area contributed by atoms with Gasteiger partial charge in [0.2, 0.25) is 0 Å². The fourth-order valence-electron chi connectivity index (χ4n) is 2.75. The molecule has 0 radical (unpaired) electrons. The van der Waals surface area contributed by atoms with Crippen molar-refractivity contribution in [1.82, 2.24) is 0 Å². The van der Waals surface area contributed by atoms with Crippen LogP contribution in [0.2, 0.25) is 0 Å². The number of hydrogen-bond donors (Lipinski definition) is 0. The summed E-state index contributed by atoms with van der Waals surface area (Å²) in [5.74, 6) is 0. The van der Waals surface area contributed by atoms with Gasteiger partial charge in [0.1, 0.15) is 13.2 Å². The van der Waals surface area contributed by atoms with Gasteiger partial charge in [0.25, 0.3) is 0 Å². The van der Waals surface area contributed by atoms with Crippen LogP contribution < -0.4 is 68.9 Å². The summed E-state index contributed by atoms with van der Waals surface area (Å²) < 4.78 is 28.9. The van der Waals surface area contributed by atoms with Crippen LogP contribution in [0.15, 0.2) is 0 Å². The van der Waals surface area contributed by atoms with Crippen LogP contribution in [-0.2, 0) is 18.2 Å². The Balaban J connectivity index is -0.000000211. The first-order valence-corrected chi connectivity index (χ1v) is 13.3. The van der Waals surface area contributed by atoms with E-state index in [-0.39, 0.29) is 59.1 Å². The minimum absolute atomic E-state index is 0. The Hall–Kier alpha value is 2.04. The number of unbranched alkanes of at least 4 members (excludes halogenated alkanes) is 14. The zero-order chi connectivity index (χ0) is 21.3. The van der Waals surface area contributed by atoms with Gasteiger partial charge >= 0.3 is 75.6 Å². The predicted octanol–water partition coefficient (Wildman–Crippen LogP) is 0.331. The van der Waals surface area contributed by atoms with Gasteiger partial charge in [-0.15, -0.1) is 9.05 Å². The van der Waals surface area contributed by atoms with Gasteiger partial charge in [0.05, 0.1) is 0 Å². The van der Waals surface area contributed by atoms with Crippen molar-refractivity contribution in [3.05, 3.63) is 0 Å². The molecule has 0 aromatic rings. The monoisotopic (exact) mass is 486 g/mol. The second kappa shape index (κ2) is 35.6. The molecule has 10 heteroatoms. The molecule has 0 aromatic carbocycles. The minimum Gasteiger partial charge on any atom is -0.566 e. The van der Waals surface area contributed by atoms with Gasteiger partial charge in [0, 0.05) is 0 Å². The van der Waals surface area contributed by atoms with E-state index in [1.165, 1.54) is 77.0 Å². The van der Waals surface area contributed by atoms with Crippen LogP contribution in [0.4, 0.5) is 0 Å². The van der Waals surface area contributed by atoms with Gasteiger partial charge in [-0.1, -0.05) is 104 Å². The topological polar surface area (TPSA) is 98.7 Å². The minimum atomic E-state index is -2.63. The first-order chi connectivity index (χ1) is 13.5. The van der Waals surface area contributed by atoms with E-state index in [4.69, 9.17) is 0 Å². The van der Waals surface area contributed by atoms with Crippen molar-refractivity contribution in [2.24, 2.45) is 0 Å². The first-order valence-electron chi connectivity index (χ1n) is 11.1. The molecular weight excluding hydrogens is 444 g/mol. The average molecular weight is 486 g/mol. The molecule has 0 amide bonds. The molecule has 0 fully saturated rings. The summed E-state index contributed by atoms with van der Waals surface area (Å²) in [6.07, 6.45) is 19.3. The molecule has 0 aliphatic heterocycles. The van der Waals surface area contributed by atoms with Crippen LogP contribution in [0, 0.1) is 0 Å². The molecule has 6 nitrogen and oxygen atoms in total. The van der Waals surface area contributed by atoms with E-state index in [0.29, 0.717) is 13.2 Å². The Morgan fingerprint density at radius 2 is 0.733 bits per heavy atom. The first kappa shape index (κ1) is 39.3. The molecule has 0 aliphatic carbocycles. The van der Waals surface area contributed by atoms with Crippen molar-refractivity contribution in [2.45, 2.75) is 117 Å². The van der Waals surface area contributed by atoms with Crippen molar-refractivity contribution < 1.29 is 87.1 Å². The molecule has 2 unspecified atom stereocenters. The van der Waals surface area contributed by atoms with Crippen molar-refractivity contribution in [2.75, 3.05) is 13.2 Å². The number of hydrogen-bond acceptors (Lipinski definition) is 6. The Morgan fingerprint density at radius 1 is 0.500 bits per heavy atom. The molecule has 0 saturated heterocycles. The predicted molar refractivity (Wildman–Crippen MR) is 112 cm³/mol. The zero-order valence-corrected chi connectivity index (χ0v) is 25.9. The summed E-state index contributed by atoms with van der Waals surface area (Å²) in [4.78, 5) is 20.0. The maximum Gasteiger partial charge on any atom is 1.00 e. The number of rotatable bonds is 20. The van der Waals surface area contributed by atoms with Crippen molar-refractivity contribution in [1.29, 1.82) is 0 Å². The Labute approximate surface area is 231 Å². The van der Waals surface area contributed by atoms with Crippen LogP contribution in [0.1, 0.15) is 117 Å². The van der Waals surface area contributed by atoms with Gasteiger partial charge in [-0.3, -0.25) is 0 Å². The third-order valence-corrected chi connectivity index (χ3v) is 5.18. The maximum atomic E-state index is 10.0. The molecule has 0 rings (SSSR count). The quantitative estimate of drug-likeness (QED) is 0.140. The maximum absolute atomic E-state index is 10.0. The Kier molecular flexibility index (Phi) is 46.6. The van der Waals surface area contributed by atoms with Gasteiger partial charge in [0.15, 0.2) is 0 Å². The second-order valence-electron chi connectivity index (χ2n) is 7.06. The average Bonchev–Trinajstić information content (AvgIpc) is 2.65. The Morgan fingerprint density at radius 3 is 0.967 bits per heavy atom. The van der Waals surface area contributed by atoms with E-state index in [9.17, 15) is 18.9 Å². The fourth-order valence-corrected chi connectivity index (χ4v) is 3.31. The smallest absolute Gasteiger partial charge is 0.566 e. The third kappa shape index (κ3) is 43.8. The normalized spacial score (nSPS) is 10.9. The molecule has 30 heavy (non-hydrogen) atoms. The van der Waals surface area contributed by atoms with Crippen molar-refractivity contribution in [3.63, 3.8) is 0 Å². The molecule has 0 aliphatic rings. The van der Waals surface area contributed by atoms with E-state index in [1.54, 1.807) is 0 Å². The molecule has 0 aromatic heterocycles. The van der Waals surface area contributed by atoms with Crippen LogP contribution in [0.5, 0.6) is 0 Å². The molecular formula is C20H42Na2O6P2+2. The van der Waals surface area contributed by atoms with E-state index < -0.39 is 16.5 Å². The summed E-state index contributed by atoms with van der Waals surface area (Å²) in [6, 6.07) is 0. The van der Waals surface area contributed by atoms with Gasteiger partial charge in [-0.05, 0) is 22.0 Å². The van der Waals surface area contributed by atoms with Gasteiger partial charge in [-0.2, -0.15) is 0 Å². The zero-order valence-electron chi connectivity index (χ0n) is 20.1. The van der Waals surface area contributed by atoms with E-state index in [0.717, 1.165) is 25.7 Å². The summed E-state index contributed by atoms with van der Waals surface area (Å²) in [7, 11) is -5.27. The molecule has 0 saturated carbocycles. The second-order valence-corrected chi connectivity index (χ2v) is 8.47. The summed E-state index contributed by atoms with van der Waals surface area (Å²) in [5.41, 5.74) is 0. The largest absolute Gasteiger partial charge is 1.00 e. The Bertz CT molecular complexity index is 321. The summed E-state index contributed by atoms with van der Waals surface area (Å²) in [5, 5.41) is 0. The van der Waals surface area contributed by atoms with E-state index >= 15 is 0 Å². The molecule has 0 spiro atoms. The van der Waals surface area contributed by atoms with E-state index in [1.807, 2.05) is 0 Å².